The highest BCUT2D eigenvalue weighted by Crippen LogP contribution is 2.19. The van der Waals surface area contributed by atoms with E-state index < -0.39 is 5.91 Å². The van der Waals surface area contributed by atoms with Crippen molar-refractivity contribution >= 4 is 17.3 Å². The fraction of sp³-hybridized carbons (Fsp3) is 0.417. The smallest absolute Gasteiger partial charge is 0.248 e. The Kier molecular flexibility index (Phi) is 4.78. The molecule has 0 unspecified atom stereocenters. The minimum absolute atomic E-state index is 0.214. The lowest BCUT2D eigenvalue weighted by molar-refractivity contribution is 0.0870. The van der Waals surface area contributed by atoms with E-state index in [1.165, 1.54) is 0 Å². The van der Waals surface area contributed by atoms with Gasteiger partial charge >= 0.3 is 0 Å². The third kappa shape index (κ3) is 4.32. The summed E-state index contributed by atoms with van der Waals surface area (Å²) in [4.78, 5) is 10.9. The first-order chi connectivity index (χ1) is 8.00. The van der Waals surface area contributed by atoms with Crippen LogP contribution in [-0.4, -0.2) is 25.2 Å². The standard InChI is InChI=1S/C12H19N3O2/c1-8(2)17-6-5-15-11-4-3-9(12(14)16)7-10(11)13/h3-4,7-8,15H,5-6,13H2,1-2H3,(H2,14,16). The van der Waals surface area contributed by atoms with Crippen LogP contribution in [-0.2, 0) is 4.74 Å². The topological polar surface area (TPSA) is 90.4 Å². The molecular weight excluding hydrogens is 218 g/mol. The van der Waals surface area contributed by atoms with Crippen LogP contribution in [0.25, 0.3) is 0 Å². The third-order valence-corrected chi connectivity index (χ3v) is 2.20. The highest BCUT2D eigenvalue weighted by Gasteiger charge is 2.04. The summed E-state index contributed by atoms with van der Waals surface area (Å²) in [5.41, 5.74) is 12.6. The average molecular weight is 237 g/mol. The van der Waals surface area contributed by atoms with Crippen LogP contribution >= 0.6 is 0 Å². The Labute approximate surface area is 101 Å². The molecule has 17 heavy (non-hydrogen) atoms. The molecule has 1 aromatic carbocycles. The molecule has 0 spiro atoms. The first kappa shape index (κ1) is 13.3. The lowest BCUT2D eigenvalue weighted by atomic mass is 10.1. The molecule has 5 N–H and O–H groups in total. The van der Waals surface area contributed by atoms with Crippen LogP contribution in [0.5, 0.6) is 0 Å². The van der Waals surface area contributed by atoms with Gasteiger partial charge in [0, 0.05) is 12.1 Å². The van der Waals surface area contributed by atoms with Gasteiger partial charge in [-0.3, -0.25) is 4.79 Å². The van der Waals surface area contributed by atoms with Gasteiger partial charge in [-0.05, 0) is 32.0 Å². The van der Waals surface area contributed by atoms with E-state index >= 15 is 0 Å². The Balaban J connectivity index is 2.52. The molecule has 1 aromatic rings. The van der Waals surface area contributed by atoms with E-state index in [1.807, 2.05) is 13.8 Å². The van der Waals surface area contributed by atoms with Crippen molar-refractivity contribution in [1.82, 2.24) is 0 Å². The lowest BCUT2D eigenvalue weighted by Gasteiger charge is -2.11. The first-order valence-electron chi connectivity index (χ1n) is 5.55. The summed E-state index contributed by atoms with van der Waals surface area (Å²) in [7, 11) is 0. The zero-order chi connectivity index (χ0) is 12.8. The Morgan fingerprint density at radius 1 is 1.47 bits per heavy atom. The minimum atomic E-state index is -0.480. The van der Waals surface area contributed by atoms with Crippen LogP contribution in [0, 0.1) is 0 Å². The van der Waals surface area contributed by atoms with E-state index in [2.05, 4.69) is 5.32 Å². The van der Waals surface area contributed by atoms with E-state index in [1.54, 1.807) is 18.2 Å². The number of benzene rings is 1. The number of anilines is 2. The van der Waals surface area contributed by atoms with E-state index in [9.17, 15) is 4.79 Å². The van der Waals surface area contributed by atoms with Crippen LogP contribution in [0.15, 0.2) is 18.2 Å². The van der Waals surface area contributed by atoms with Crippen LogP contribution in [0.2, 0.25) is 0 Å². The van der Waals surface area contributed by atoms with Gasteiger partial charge in [-0.15, -0.1) is 0 Å². The van der Waals surface area contributed by atoms with Gasteiger partial charge in [-0.1, -0.05) is 0 Å². The predicted molar refractivity (Wildman–Crippen MR) is 69.0 cm³/mol. The van der Waals surface area contributed by atoms with Crippen molar-refractivity contribution in [3.63, 3.8) is 0 Å². The van der Waals surface area contributed by atoms with Crippen molar-refractivity contribution < 1.29 is 9.53 Å². The van der Waals surface area contributed by atoms with Crippen molar-refractivity contribution in [2.75, 3.05) is 24.2 Å². The number of carbonyl (C=O) groups is 1. The molecule has 0 aliphatic rings. The Morgan fingerprint density at radius 2 is 2.18 bits per heavy atom. The number of ether oxygens (including phenoxy) is 1. The van der Waals surface area contributed by atoms with Crippen molar-refractivity contribution in [2.24, 2.45) is 5.73 Å². The van der Waals surface area contributed by atoms with Crippen LogP contribution in [0.1, 0.15) is 24.2 Å². The first-order valence-corrected chi connectivity index (χ1v) is 5.55. The molecule has 0 saturated carbocycles. The summed E-state index contributed by atoms with van der Waals surface area (Å²) in [6.07, 6.45) is 0.214. The average Bonchev–Trinajstić information content (AvgIpc) is 2.25. The molecule has 0 fully saturated rings. The molecule has 5 nitrogen and oxygen atoms in total. The largest absolute Gasteiger partial charge is 0.397 e. The van der Waals surface area contributed by atoms with Crippen LogP contribution in [0.4, 0.5) is 11.4 Å². The van der Waals surface area contributed by atoms with Gasteiger partial charge in [0.05, 0.1) is 24.1 Å². The van der Waals surface area contributed by atoms with Crippen molar-refractivity contribution in [1.29, 1.82) is 0 Å². The molecular formula is C12H19N3O2. The fourth-order valence-electron chi connectivity index (χ4n) is 1.36. The molecule has 1 amide bonds. The highest BCUT2D eigenvalue weighted by atomic mass is 16.5. The maximum Gasteiger partial charge on any atom is 0.248 e. The molecule has 0 saturated heterocycles. The van der Waals surface area contributed by atoms with Gasteiger partial charge < -0.3 is 21.5 Å². The van der Waals surface area contributed by atoms with Crippen LogP contribution in [0.3, 0.4) is 0 Å². The van der Waals surface area contributed by atoms with E-state index in [4.69, 9.17) is 16.2 Å². The van der Waals surface area contributed by atoms with Gasteiger partial charge in [0.15, 0.2) is 0 Å². The fourth-order valence-corrected chi connectivity index (χ4v) is 1.36. The third-order valence-electron chi connectivity index (χ3n) is 2.20. The minimum Gasteiger partial charge on any atom is -0.397 e. The molecule has 94 valence electrons. The van der Waals surface area contributed by atoms with E-state index in [0.29, 0.717) is 24.4 Å². The van der Waals surface area contributed by atoms with Gasteiger partial charge in [0.25, 0.3) is 0 Å². The molecule has 0 aliphatic heterocycles. The van der Waals surface area contributed by atoms with Gasteiger partial charge in [0.1, 0.15) is 0 Å². The summed E-state index contributed by atoms with van der Waals surface area (Å²) in [5.74, 6) is -0.480. The van der Waals surface area contributed by atoms with Gasteiger partial charge in [-0.25, -0.2) is 0 Å². The SMILES string of the molecule is CC(C)OCCNc1ccc(C(N)=O)cc1N. The maximum absolute atomic E-state index is 10.9. The second-order valence-corrected chi connectivity index (χ2v) is 4.01. The number of amides is 1. The van der Waals surface area contributed by atoms with Crippen molar-refractivity contribution in [3.05, 3.63) is 23.8 Å². The summed E-state index contributed by atoms with van der Waals surface area (Å²) in [6, 6.07) is 4.95. The Morgan fingerprint density at radius 3 is 2.71 bits per heavy atom. The molecule has 0 aromatic heterocycles. The number of hydrogen-bond acceptors (Lipinski definition) is 4. The molecule has 0 heterocycles. The highest BCUT2D eigenvalue weighted by molar-refractivity contribution is 5.94. The van der Waals surface area contributed by atoms with Gasteiger partial charge in [0.2, 0.25) is 5.91 Å². The second kappa shape index (κ2) is 6.10. The number of nitrogen functional groups attached to an aromatic ring is 1. The molecule has 1 rings (SSSR count). The quantitative estimate of drug-likeness (QED) is 0.512. The van der Waals surface area contributed by atoms with Gasteiger partial charge in [-0.2, -0.15) is 0 Å². The molecule has 0 bridgehead atoms. The second-order valence-electron chi connectivity index (χ2n) is 4.01. The molecule has 0 aliphatic carbocycles. The number of primary amides is 1. The maximum atomic E-state index is 10.9. The van der Waals surface area contributed by atoms with Crippen LogP contribution < -0.4 is 16.8 Å². The molecule has 5 heteroatoms. The zero-order valence-corrected chi connectivity index (χ0v) is 10.2. The number of hydrogen-bond donors (Lipinski definition) is 3. The van der Waals surface area contributed by atoms with Crippen molar-refractivity contribution in [3.8, 4) is 0 Å². The number of nitrogens with two attached hydrogens (primary N) is 2. The summed E-state index contributed by atoms with van der Waals surface area (Å²) < 4.78 is 5.39. The van der Waals surface area contributed by atoms with E-state index in [-0.39, 0.29) is 6.10 Å². The Bertz CT molecular complexity index is 391. The zero-order valence-electron chi connectivity index (χ0n) is 10.2. The summed E-state index contributed by atoms with van der Waals surface area (Å²) in [6.45, 7) is 5.24. The number of nitrogens with one attached hydrogen (secondary N) is 1. The predicted octanol–water partition coefficient (Wildman–Crippen LogP) is 1.20. The van der Waals surface area contributed by atoms with E-state index in [0.717, 1.165) is 5.69 Å². The Hall–Kier alpha value is -1.75. The lowest BCUT2D eigenvalue weighted by Crippen LogP contribution is -2.15. The molecule has 0 radical (unpaired) electrons. The monoisotopic (exact) mass is 237 g/mol. The number of rotatable bonds is 6. The normalized spacial score (nSPS) is 10.5. The molecule has 0 atom stereocenters. The summed E-state index contributed by atoms with van der Waals surface area (Å²) in [5, 5.41) is 3.13. The number of carbonyl (C=O) groups excluding carboxylic acids is 1. The summed E-state index contributed by atoms with van der Waals surface area (Å²) >= 11 is 0. The van der Waals surface area contributed by atoms with Crippen molar-refractivity contribution in [2.45, 2.75) is 20.0 Å².